The van der Waals surface area contributed by atoms with E-state index in [0.717, 1.165) is 17.2 Å². The molecule has 0 saturated carbocycles. The van der Waals surface area contributed by atoms with Gasteiger partial charge in [0, 0.05) is 16.8 Å². The molecule has 0 spiro atoms. The lowest BCUT2D eigenvalue weighted by Crippen LogP contribution is -2.47. The lowest BCUT2D eigenvalue weighted by atomic mass is 10.0. The molecule has 1 fully saturated rings. The van der Waals surface area contributed by atoms with E-state index in [1.54, 1.807) is 23.1 Å². The fraction of sp³-hybridized carbons (Fsp3) is 0.667. The molecule has 0 bridgehead atoms. The number of nitrogens with one attached hydrogen (secondary N) is 1. The molecule has 1 saturated heterocycles. The largest absolute Gasteiger partial charge is 0.379 e. The molecule has 1 aromatic heterocycles. The molecule has 2 unspecified atom stereocenters. The highest BCUT2D eigenvalue weighted by Gasteiger charge is 2.40. The van der Waals surface area contributed by atoms with Gasteiger partial charge in [-0.25, -0.2) is 4.98 Å². The summed E-state index contributed by atoms with van der Waals surface area (Å²) in [4.78, 5) is 17.5. The van der Waals surface area contributed by atoms with Crippen molar-refractivity contribution < 1.29 is 9.90 Å². The molecule has 100 valence electrons. The van der Waals surface area contributed by atoms with E-state index in [0.29, 0.717) is 12.2 Å². The number of hydrogen-bond acceptors (Lipinski definition) is 5. The Hall–Kier alpha value is -0.590. The van der Waals surface area contributed by atoms with Gasteiger partial charge in [0.05, 0.1) is 6.04 Å². The number of aliphatic hydroxyl groups is 1. The molecule has 1 aromatic rings. The fourth-order valence-corrected chi connectivity index (χ4v) is 3.91. The highest BCUT2D eigenvalue weighted by Crippen LogP contribution is 2.29. The van der Waals surface area contributed by atoms with Crippen molar-refractivity contribution >= 4 is 29.0 Å². The number of rotatable bonds is 4. The van der Waals surface area contributed by atoms with Crippen LogP contribution in [0.1, 0.15) is 36.2 Å². The highest BCUT2D eigenvalue weighted by atomic mass is 32.2. The number of aryl methyl sites for hydroxylation is 1. The third-order valence-electron chi connectivity index (χ3n) is 3.06. The number of aromatic nitrogens is 1. The number of hydrogen-bond donors (Lipinski definition) is 2. The molecule has 1 aliphatic heterocycles. The lowest BCUT2D eigenvalue weighted by molar-refractivity contribution is -0.137. The lowest BCUT2D eigenvalue weighted by Gasteiger charge is -2.22. The second-order valence-corrected chi connectivity index (χ2v) is 6.80. The number of nitrogens with zero attached hydrogens (tertiary/aromatic N) is 1. The van der Waals surface area contributed by atoms with Crippen LogP contribution in [0.2, 0.25) is 0 Å². The predicted octanol–water partition coefficient (Wildman–Crippen LogP) is 1.75. The molecule has 2 atom stereocenters. The minimum absolute atomic E-state index is 0.141. The smallest absolute Gasteiger partial charge is 0.253 e. The van der Waals surface area contributed by atoms with Gasteiger partial charge in [-0.05, 0) is 25.5 Å². The van der Waals surface area contributed by atoms with Gasteiger partial charge in [-0.15, -0.1) is 11.3 Å². The standard InChI is InChI=1S/C12H18N2O2S2/c1-3-9-6-13-10(18-9)8(2)14-11(15)12(16)4-5-17-7-12/h6,8,16H,3-5,7H2,1-2H3,(H,14,15). The van der Waals surface area contributed by atoms with Crippen molar-refractivity contribution in [2.24, 2.45) is 0 Å². The Morgan fingerprint density at radius 1 is 1.72 bits per heavy atom. The van der Waals surface area contributed by atoms with Gasteiger partial charge in [-0.1, -0.05) is 6.92 Å². The summed E-state index contributed by atoms with van der Waals surface area (Å²) in [5.41, 5.74) is -1.19. The first-order chi connectivity index (χ1) is 8.55. The van der Waals surface area contributed by atoms with Crippen LogP contribution in [-0.2, 0) is 11.2 Å². The topological polar surface area (TPSA) is 62.2 Å². The van der Waals surface area contributed by atoms with Gasteiger partial charge in [0.15, 0.2) is 5.60 Å². The van der Waals surface area contributed by atoms with Crippen LogP contribution in [0.3, 0.4) is 0 Å². The summed E-state index contributed by atoms with van der Waals surface area (Å²) in [5.74, 6) is 1.06. The van der Waals surface area contributed by atoms with E-state index in [2.05, 4.69) is 17.2 Å². The SMILES string of the molecule is CCc1cnc(C(C)NC(=O)C2(O)CCSC2)s1. The average Bonchev–Trinajstić information content (AvgIpc) is 2.98. The van der Waals surface area contributed by atoms with Crippen LogP contribution in [0.4, 0.5) is 0 Å². The maximum absolute atomic E-state index is 12.0. The quantitative estimate of drug-likeness (QED) is 0.885. The molecule has 18 heavy (non-hydrogen) atoms. The van der Waals surface area contributed by atoms with Gasteiger partial charge >= 0.3 is 0 Å². The van der Waals surface area contributed by atoms with Crippen LogP contribution in [0.15, 0.2) is 6.20 Å². The van der Waals surface area contributed by atoms with Gasteiger partial charge in [0.2, 0.25) is 0 Å². The first kappa shape index (κ1) is 13.8. The number of thiazole rings is 1. The van der Waals surface area contributed by atoms with Crippen molar-refractivity contribution in [1.29, 1.82) is 0 Å². The number of carbonyl (C=O) groups excluding carboxylic acids is 1. The molecule has 1 aliphatic rings. The molecule has 0 aliphatic carbocycles. The molecule has 2 N–H and O–H groups in total. The zero-order chi connectivity index (χ0) is 13.2. The van der Waals surface area contributed by atoms with Crippen LogP contribution in [-0.4, -0.2) is 33.1 Å². The summed E-state index contributed by atoms with van der Waals surface area (Å²) in [6.45, 7) is 3.99. The van der Waals surface area contributed by atoms with Gasteiger partial charge in [-0.3, -0.25) is 4.79 Å². The van der Waals surface area contributed by atoms with Gasteiger partial charge in [0.25, 0.3) is 5.91 Å². The van der Waals surface area contributed by atoms with Gasteiger partial charge < -0.3 is 10.4 Å². The van der Waals surface area contributed by atoms with E-state index >= 15 is 0 Å². The van der Waals surface area contributed by atoms with E-state index in [1.807, 2.05) is 13.1 Å². The first-order valence-corrected chi connectivity index (χ1v) is 8.08. The van der Waals surface area contributed by atoms with E-state index in [1.165, 1.54) is 4.88 Å². The van der Waals surface area contributed by atoms with Crippen LogP contribution in [0, 0.1) is 0 Å². The average molecular weight is 286 g/mol. The summed E-state index contributed by atoms with van der Waals surface area (Å²) in [6, 6.07) is -0.141. The second-order valence-electron chi connectivity index (χ2n) is 4.55. The third kappa shape index (κ3) is 2.87. The summed E-state index contributed by atoms with van der Waals surface area (Å²) in [7, 11) is 0. The third-order valence-corrected chi connectivity index (χ3v) is 5.56. The molecule has 6 heteroatoms. The van der Waals surface area contributed by atoms with Crippen LogP contribution >= 0.6 is 23.1 Å². The van der Waals surface area contributed by atoms with Crippen molar-refractivity contribution in [2.45, 2.75) is 38.3 Å². The minimum Gasteiger partial charge on any atom is -0.379 e. The minimum atomic E-state index is -1.19. The highest BCUT2D eigenvalue weighted by molar-refractivity contribution is 7.99. The number of thioether (sulfide) groups is 1. The summed E-state index contributed by atoms with van der Waals surface area (Å²) < 4.78 is 0. The monoisotopic (exact) mass is 286 g/mol. The Kier molecular flexibility index (Phi) is 4.29. The fourth-order valence-electron chi connectivity index (χ4n) is 1.81. The Balaban J connectivity index is 1.98. The Labute approximate surface area is 115 Å². The van der Waals surface area contributed by atoms with Crippen LogP contribution in [0.25, 0.3) is 0 Å². The van der Waals surface area contributed by atoms with Crippen LogP contribution in [0.5, 0.6) is 0 Å². The van der Waals surface area contributed by atoms with Crippen molar-refractivity contribution in [2.75, 3.05) is 11.5 Å². The van der Waals surface area contributed by atoms with Gasteiger partial charge in [0.1, 0.15) is 5.01 Å². The maximum atomic E-state index is 12.0. The van der Waals surface area contributed by atoms with Crippen molar-refractivity contribution in [1.82, 2.24) is 10.3 Å². The van der Waals surface area contributed by atoms with Crippen LogP contribution < -0.4 is 5.32 Å². The molecule has 0 radical (unpaired) electrons. The van der Waals surface area contributed by atoms with E-state index in [-0.39, 0.29) is 11.9 Å². The summed E-state index contributed by atoms with van der Waals surface area (Å²) in [5, 5.41) is 13.9. The molecule has 2 rings (SSSR count). The van der Waals surface area contributed by atoms with Gasteiger partial charge in [-0.2, -0.15) is 11.8 Å². The van der Waals surface area contributed by atoms with E-state index < -0.39 is 5.60 Å². The molecule has 2 heterocycles. The second kappa shape index (κ2) is 5.59. The Bertz CT molecular complexity index is 427. The normalized spacial score (nSPS) is 25.1. The molecular formula is C12H18N2O2S2. The Morgan fingerprint density at radius 3 is 3.06 bits per heavy atom. The van der Waals surface area contributed by atoms with Crippen molar-refractivity contribution in [3.05, 3.63) is 16.1 Å². The van der Waals surface area contributed by atoms with Crippen molar-refractivity contribution in [3.63, 3.8) is 0 Å². The van der Waals surface area contributed by atoms with E-state index in [4.69, 9.17) is 0 Å². The first-order valence-electron chi connectivity index (χ1n) is 6.11. The molecule has 1 amide bonds. The van der Waals surface area contributed by atoms with E-state index in [9.17, 15) is 9.90 Å². The van der Waals surface area contributed by atoms with Crippen molar-refractivity contribution in [3.8, 4) is 0 Å². The molecule has 0 aromatic carbocycles. The zero-order valence-corrected chi connectivity index (χ0v) is 12.2. The molecular weight excluding hydrogens is 268 g/mol. The summed E-state index contributed by atoms with van der Waals surface area (Å²) >= 11 is 3.23. The molecule has 4 nitrogen and oxygen atoms in total. The zero-order valence-electron chi connectivity index (χ0n) is 10.6. The predicted molar refractivity (Wildman–Crippen MR) is 74.9 cm³/mol. The number of carbonyl (C=O) groups is 1. The maximum Gasteiger partial charge on any atom is 0.253 e. The number of amides is 1. The Morgan fingerprint density at radius 2 is 2.50 bits per heavy atom. The summed E-state index contributed by atoms with van der Waals surface area (Å²) in [6.07, 6.45) is 3.34.